The van der Waals surface area contributed by atoms with Crippen LogP contribution in [0.3, 0.4) is 0 Å². The van der Waals surface area contributed by atoms with E-state index in [1.807, 2.05) is 45.0 Å². The van der Waals surface area contributed by atoms with E-state index < -0.39 is 16.9 Å². The predicted octanol–water partition coefficient (Wildman–Crippen LogP) is 15.0. The molecule has 0 amide bonds. The van der Waals surface area contributed by atoms with Crippen molar-refractivity contribution in [1.82, 2.24) is 0 Å². The van der Waals surface area contributed by atoms with Crippen LogP contribution in [0.2, 0.25) is 0 Å². The van der Waals surface area contributed by atoms with E-state index in [9.17, 15) is 19.7 Å². The minimum absolute atomic E-state index is 0.00138. The number of carbonyl (C=O) groups is 2. The molecule has 0 fully saturated rings. The van der Waals surface area contributed by atoms with Gasteiger partial charge in [0.15, 0.2) is 11.5 Å². The monoisotopic (exact) mass is 1240 g/mol. The van der Waals surface area contributed by atoms with E-state index >= 15 is 0 Å². The van der Waals surface area contributed by atoms with Crippen LogP contribution in [0.25, 0.3) is 11.1 Å². The first kappa shape index (κ1) is 70.1. The molecule has 0 radical (unpaired) electrons. The Morgan fingerprint density at radius 3 is 1.43 bits per heavy atom. The quantitative estimate of drug-likeness (QED) is 0.0102. The van der Waals surface area contributed by atoms with E-state index in [1.165, 1.54) is 36.4 Å². The number of ether oxygens (including phenoxy) is 6. The van der Waals surface area contributed by atoms with E-state index in [2.05, 4.69) is 150 Å². The van der Waals surface area contributed by atoms with Gasteiger partial charge in [0.05, 0.1) is 40.0 Å². The summed E-state index contributed by atoms with van der Waals surface area (Å²) in [6.07, 6.45) is 24.2. The van der Waals surface area contributed by atoms with Crippen molar-refractivity contribution >= 4 is 34.7 Å². The van der Waals surface area contributed by atoms with E-state index in [0.29, 0.717) is 34.9 Å². The van der Waals surface area contributed by atoms with Crippen LogP contribution in [0.1, 0.15) is 124 Å². The number of nitrogens with zero attached hydrogens (tertiary/aromatic N) is 4. The van der Waals surface area contributed by atoms with Crippen molar-refractivity contribution in [2.24, 2.45) is 10.2 Å². The number of nitro benzene ring substituents is 1. The van der Waals surface area contributed by atoms with Crippen molar-refractivity contribution in [3.63, 3.8) is 0 Å². The lowest BCUT2D eigenvalue weighted by atomic mass is 10.0. The molecule has 0 aromatic heterocycles. The summed E-state index contributed by atoms with van der Waals surface area (Å²) in [7, 11) is 3.70. The van der Waals surface area contributed by atoms with Gasteiger partial charge in [0.2, 0.25) is 0 Å². The summed E-state index contributed by atoms with van der Waals surface area (Å²) in [5.41, 5.74) is 3.09. The van der Waals surface area contributed by atoms with Crippen LogP contribution in [0.4, 0.5) is 22.7 Å². The minimum atomic E-state index is -0.677. The molecule has 14 heteroatoms. The second-order valence-corrected chi connectivity index (χ2v) is 20.4. The topological polar surface area (TPSA) is 161 Å². The summed E-state index contributed by atoms with van der Waals surface area (Å²) >= 11 is 0. The summed E-state index contributed by atoms with van der Waals surface area (Å²) in [6.45, 7) is 8.19. The van der Waals surface area contributed by atoms with Gasteiger partial charge >= 0.3 is 11.9 Å². The Kier molecular flexibility index (Phi) is 29.1. The maximum atomic E-state index is 14.2. The Hall–Kier alpha value is -13.0. The van der Waals surface area contributed by atoms with Crippen LogP contribution in [0.5, 0.6) is 34.5 Å². The Morgan fingerprint density at radius 2 is 0.936 bits per heavy atom. The van der Waals surface area contributed by atoms with Gasteiger partial charge in [-0.1, -0.05) is 88.5 Å². The minimum Gasteiger partial charge on any atom is -0.488 e. The van der Waals surface area contributed by atoms with Crippen LogP contribution in [-0.4, -0.2) is 43.2 Å². The first-order chi connectivity index (χ1) is 45.8. The second-order valence-electron chi connectivity index (χ2n) is 20.4. The Balaban J connectivity index is 1.28. The maximum Gasteiger partial charge on any atom is 0.343 e. The molecule has 0 unspecified atom stereocenters. The lowest BCUT2D eigenvalue weighted by Crippen LogP contribution is -2.16. The van der Waals surface area contributed by atoms with Crippen LogP contribution in [0.15, 0.2) is 132 Å². The van der Waals surface area contributed by atoms with Gasteiger partial charge in [-0.05, 0) is 183 Å². The third-order valence-electron chi connectivity index (χ3n) is 13.1. The standard InChI is InChI=1S/C80H62N4O10/c1-9-13-17-21-23-25-26-28-30-34-56-90-70-51-53-71(54-52-70)93-79(85)66-40-37-63(38-41-66)39-42-68-57-72(76(59-74(68)84(87)88)91-61(5)35-31-19-15-11-3)81-82-73-58-78(92-62(6)36-32-20-16-12-4)75(83(7)8)60-77(73)94-80(86)67-45-43-64(44-46-67)65-47-49-69(50-48-65)89-55-33-29-27-24-22-18-14-10-2/h1-2,37-38,40-41,43-54,57-62H,11-12,15-16,19-20,31-32,35-36H2,3-8H3/t61-,62-/m0/s1. The molecule has 0 spiro atoms. The molecule has 6 rings (SSSR count). The smallest absolute Gasteiger partial charge is 0.343 e. The van der Waals surface area contributed by atoms with Crippen LogP contribution in [-0.2, 0) is 0 Å². The fourth-order valence-corrected chi connectivity index (χ4v) is 8.41. The Morgan fingerprint density at radius 1 is 0.500 bits per heavy atom. The van der Waals surface area contributed by atoms with Gasteiger partial charge in [-0.2, -0.15) is 0 Å². The zero-order chi connectivity index (χ0) is 67.1. The molecule has 6 aromatic rings. The molecule has 6 aromatic carbocycles. The highest BCUT2D eigenvalue weighted by atomic mass is 16.6. The van der Waals surface area contributed by atoms with Gasteiger partial charge in [-0.15, -0.1) is 23.1 Å². The molecule has 0 N–H and O–H groups in total. The predicted molar refractivity (Wildman–Crippen MR) is 365 cm³/mol. The number of esters is 2. The molecule has 2 atom stereocenters. The molecular formula is C80H62N4O10. The SMILES string of the molecule is C#CC#CC#CC#CC#CC#COc1ccc(OC(=O)c2ccc(C#Cc3cc(N=Nc4cc(O[C@@H](C)CCCCCC)c(N(C)C)cc4OC(=O)c4ccc(-c5ccc(OC#CC#CC#CC#CC#C)cc5)cc4)c(O[C@@H](C)CCCCCC)cc3[N+](=O)[O-])cc2)cc1. The lowest BCUT2D eigenvalue weighted by Gasteiger charge is -2.23. The number of azo groups is 1. The fourth-order valence-electron chi connectivity index (χ4n) is 8.41. The molecule has 0 aliphatic carbocycles. The van der Waals surface area contributed by atoms with Gasteiger partial charge in [0.25, 0.3) is 5.69 Å². The molecule has 0 aliphatic heterocycles. The number of anilines is 1. The number of rotatable bonds is 25. The van der Waals surface area contributed by atoms with Crippen molar-refractivity contribution in [3.05, 3.63) is 154 Å². The van der Waals surface area contributed by atoms with Gasteiger partial charge in [-0.25, -0.2) is 9.59 Å². The highest BCUT2D eigenvalue weighted by Gasteiger charge is 2.23. The number of hydrogen-bond acceptors (Lipinski definition) is 13. The number of hydrogen-bond donors (Lipinski definition) is 0. The molecule has 462 valence electrons. The average molecular weight is 1240 g/mol. The summed E-state index contributed by atoms with van der Waals surface area (Å²) in [6, 6.07) is 32.6. The van der Waals surface area contributed by atoms with Crippen LogP contribution >= 0.6 is 0 Å². The van der Waals surface area contributed by atoms with Gasteiger partial charge in [-0.3, -0.25) is 10.1 Å². The number of nitro groups is 1. The molecule has 0 bridgehead atoms. The third-order valence-corrected chi connectivity index (χ3v) is 13.1. The molecule has 0 saturated heterocycles. The number of terminal acetylenes is 2. The molecule has 0 heterocycles. The largest absolute Gasteiger partial charge is 0.488 e. The van der Waals surface area contributed by atoms with E-state index in [1.54, 1.807) is 72.8 Å². The summed E-state index contributed by atoms with van der Waals surface area (Å²) in [5.74, 6) is 50.4. The van der Waals surface area contributed by atoms with E-state index in [-0.39, 0.29) is 63.2 Å². The Labute approximate surface area is 551 Å². The third kappa shape index (κ3) is 24.2. The van der Waals surface area contributed by atoms with Crippen LogP contribution in [0, 0.1) is 154 Å². The number of benzene rings is 6. The molecule has 0 aliphatic rings. The zero-order valence-corrected chi connectivity index (χ0v) is 52.8. The number of carbonyl (C=O) groups excluding carboxylic acids is 2. The van der Waals surface area contributed by atoms with Crippen LogP contribution < -0.4 is 33.3 Å². The van der Waals surface area contributed by atoms with Crippen molar-refractivity contribution in [1.29, 1.82) is 0 Å². The maximum absolute atomic E-state index is 14.2. The summed E-state index contributed by atoms with van der Waals surface area (Å²) < 4.78 is 35.7. The lowest BCUT2D eigenvalue weighted by molar-refractivity contribution is -0.385. The highest BCUT2D eigenvalue weighted by molar-refractivity contribution is 5.93. The van der Waals surface area contributed by atoms with Gasteiger partial charge in [0.1, 0.15) is 52.1 Å². The zero-order valence-electron chi connectivity index (χ0n) is 52.8. The van der Waals surface area contributed by atoms with Crippen molar-refractivity contribution in [3.8, 4) is 189 Å². The van der Waals surface area contributed by atoms with E-state index in [0.717, 1.165) is 68.9 Å². The van der Waals surface area contributed by atoms with Crippen molar-refractivity contribution in [2.45, 2.75) is 104 Å². The molecule has 0 saturated carbocycles. The highest BCUT2D eigenvalue weighted by Crippen LogP contribution is 2.43. The van der Waals surface area contributed by atoms with E-state index in [4.69, 9.17) is 46.4 Å². The normalized spacial score (nSPS) is 10.0. The summed E-state index contributed by atoms with van der Waals surface area (Å²) in [5, 5.41) is 22.2. The molecule has 14 nitrogen and oxygen atoms in total. The van der Waals surface area contributed by atoms with Crippen molar-refractivity contribution in [2.75, 3.05) is 19.0 Å². The second kappa shape index (κ2) is 39.1. The molecular weight excluding hydrogens is 1180 g/mol. The Bertz CT molecular complexity index is 4510. The van der Waals surface area contributed by atoms with Gasteiger partial charge in [0, 0.05) is 85.1 Å². The number of unbranched alkanes of at least 4 members (excludes halogenated alkanes) is 6. The average Bonchev–Trinajstić information content (AvgIpc) is 0.896. The summed E-state index contributed by atoms with van der Waals surface area (Å²) in [4.78, 5) is 41.5. The first-order valence-corrected chi connectivity index (χ1v) is 29.8. The van der Waals surface area contributed by atoms with Gasteiger partial charge < -0.3 is 33.3 Å². The fraction of sp³-hybridized carbons (Fsp3) is 0.225. The molecule has 94 heavy (non-hydrogen) atoms. The van der Waals surface area contributed by atoms with Crippen molar-refractivity contribution < 1.29 is 42.9 Å². The first-order valence-electron chi connectivity index (χ1n) is 29.8.